The third-order valence-electron chi connectivity index (χ3n) is 3.05. The number of carboxylic acids is 1. The van der Waals surface area contributed by atoms with Crippen molar-refractivity contribution < 1.29 is 44.3 Å². The van der Waals surface area contributed by atoms with E-state index in [9.17, 15) is 14.7 Å². The van der Waals surface area contributed by atoms with Crippen molar-refractivity contribution in [2.24, 2.45) is 11.8 Å². The van der Waals surface area contributed by atoms with E-state index in [1.54, 1.807) is 18.2 Å². The summed E-state index contributed by atoms with van der Waals surface area (Å²) in [6, 6.07) is 5.23. The molecule has 0 heterocycles. The second-order valence-corrected chi connectivity index (χ2v) is 5.51. The number of anilines is 1. The standard InChI is InChI=1S/C12H11BrClNO3.Na/c13-8-2-1-3-9(10(8)14)15-11(16)6-4-7(5-6)12(17)18;/h1-3,6-7H,4-5H2,(H,15,16)(H,17,18);/q;+1/p-1. The smallest absolute Gasteiger partial charge is 0.550 e. The number of hydrogen-bond donors (Lipinski definition) is 1. The van der Waals surface area contributed by atoms with E-state index < -0.39 is 11.9 Å². The van der Waals surface area contributed by atoms with Crippen LogP contribution in [0.2, 0.25) is 5.02 Å². The van der Waals surface area contributed by atoms with E-state index in [0.717, 1.165) is 0 Å². The molecule has 0 radical (unpaired) electrons. The van der Waals surface area contributed by atoms with Crippen LogP contribution < -0.4 is 40.0 Å². The number of amides is 1. The first-order valence-electron chi connectivity index (χ1n) is 5.44. The zero-order valence-electron chi connectivity index (χ0n) is 10.3. The van der Waals surface area contributed by atoms with Crippen LogP contribution in [0.4, 0.5) is 5.69 Å². The summed E-state index contributed by atoms with van der Waals surface area (Å²) in [6.07, 6.45) is 0.666. The molecule has 1 fully saturated rings. The van der Waals surface area contributed by atoms with Gasteiger partial charge in [0.1, 0.15) is 0 Å². The molecule has 1 aromatic rings. The summed E-state index contributed by atoms with van der Waals surface area (Å²) in [7, 11) is 0. The van der Waals surface area contributed by atoms with Gasteiger partial charge in [-0.15, -0.1) is 0 Å². The molecule has 0 aromatic heterocycles. The van der Waals surface area contributed by atoms with Crippen LogP contribution in [0.5, 0.6) is 0 Å². The minimum Gasteiger partial charge on any atom is -0.550 e. The van der Waals surface area contributed by atoms with E-state index >= 15 is 0 Å². The largest absolute Gasteiger partial charge is 1.00 e. The number of nitrogens with one attached hydrogen (secondary N) is 1. The average Bonchev–Trinajstić information content (AvgIpc) is 2.22. The van der Waals surface area contributed by atoms with Crippen LogP contribution >= 0.6 is 27.5 Å². The van der Waals surface area contributed by atoms with E-state index in [-0.39, 0.29) is 41.4 Å². The third kappa shape index (κ3) is 3.95. The molecule has 0 atom stereocenters. The fourth-order valence-corrected chi connectivity index (χ4v) is 2.40. The van der Waals surface area contributed by atoms with Crippen molar-refractivity contribution in [2.45, 2.75) is 12.8 Å². The van der Waals surface area contributed by atoms with Gasteiger partial charge in [-0.2, -0.15) is 0 Å². The summed E-state index contributed by atoms with van der Waals surface area (Å²) < 4.78 is 0.697. The predicted octanol–water partition coefficient (Wildman–Crippen LogP) is -1.18. The molecule has 4 nitrogen and oxygen atoms in total. The number of halogens is 2. The zero-order chi connectivity index (χ0) is 13.3. The van der Waals surface area contributed by atoms with Gasteiger partial charge in [0.15, 0.2) is 0 Å². The van der Waals surface area contributed by atoms with E-state index in [2.05, 4.69) is 21.2 Å². The molecule has 0 saturated heterocycles. The van der Waals surface area contributed by atoms with Gasteiger partial charge < -0.3 is 15.2 Å². The number of hydrogen-bond acceptors (Lipinski definition) is 3. The maximum absolute atomic E-state index is 11.8. The van der Waals surface area contributed by atoms with E-state index in [4.69, 9.17) is 11.6 Å². The molecule has 1 N–H and O–H groups in total. The summed E-state index contributed by atoms with van der Waals surface area (Å²) >= 11 is 9.28. The number of carbonyl (C=O) groups excluding carboxylic acids is 2. The van der Waals surface area contributed by atoms with Crippen LogP contribution in [0.25, 0.3) is 0 Å². The van der Waals surface area contributed by atoms with Crippen LogP contribution in [0.15, 0.2) is 22.7 Å². The fraction of sp³-hybridized carbons (Fsp3) is 0.333. The second-order valence-electron chi connectivity index (χ2n) is 4.27. The topological polar surface area (TPSA) is 69.2 Å². The van der Waals surface area contributed by atoms with Crippen molar-refractivity contribution in [1.29, 1.82) is 0 Å². The molecule has 2 rings (SSSR count). The summed E-state index contributed by atoms with van der Waals surface area (Å²) in [5.41, 5.74) is 0.521. The zero-order valence-corrected chi connectivity index (χ0v) is 14.6. The maximum Gasteiger partial charge on any atom is 1.00 e. The molecule has 0 bridgehead atoms. The molecule has 0 unspecified atom stereocenters. The quantitative estimate of drug-likeness (QED) is 0.695. The Kier molecular flexibility index (Phi) is 6.33. The molecule has 96 valence electrons. The van der Waals surface area contributed by atoms with Gasteiger partial charge in [-0.25, -0.2) is 0 Å². The van der Waals surface area contributed by atoms with Gasteiger partial charge in [0.25, 0.3) is 0 Å². The monoisotopic (exact) mass is 353 g/mol. The van der Waals surface area contributed by atoms with Gasteiger partial charge in [0, 0.05) is 22.3 Å². The normalized spacial score (nSPS) is 20.9. The summed E-state index contributed by atoms with van der Waals surface area (Å²) in [4.78, 5) is 22.4. The molecule has 0 aliphatic heterocycles. The summed E-state index contributed by atoms with van der Waals surface area (Å²) in [5.74, 6) is -2.06. The Bertz CT molecular complexity index is 506. The molecule has 1 amide bonds. The molecule has 1 aliphatic carbocycles. The first-order chi connectivity index (χ1) is 8.49. The van der Waals surface area contributed by atoms with Gasteiger partial charge in [0.05, 0.1) is 10.7 Å². The Morgan fingerprint density at radius 3 is 2.53 bits per heavy atom. The van der Waals surface area contributed by atoms with Crippen LogP contribution in [0.3, 0.4) is 0 Å². The van der Waals surface area contributed by atoms with Crippen LogP contribution in [-0.4, -0.2) is 11.9 Å². The Morgan fingerprint density at radius 1 is 1.32 bits per heavy atom. The molecular weight excluding hydrogens is 344 g/mol. The first-order valence-corrected chi connectivity index (χ1v) is 6.62. The van der Waals surface area contributed by atoms with E-state index in [1.807, 2.05) is 0 Å². The molecule has 19 heavy (non-hydrogen) atoms. The second kappa shape index (κ2) is 7.09. The fourth-order valence-electron chi connectivity index (χ4n) is 1.86. The molecule has 7 heteroatoms. The molecular formula is C12H10BrClNNaO3. The molecule has 1 saturated carbocycles. The Hall–Kier alpha value is -0.0700. The number of carbonyl (C=O) groups is 2. The molecule has 1 aliphatic rings. The van der Waals surface area contributed by atoms with E-state index in [1.165, 1.54) is 0 Å². The molecule has 1 aromatic carbocycles. The SMILES string of the molecule is O=C([O-])C1CC(C(=O)Nc2cccc(Br)c2Cl)C1.[Na+]. The Labute approximate surface area is 146 Å². The van der Waals surface area contributed by atoms with Crippen molar-refractivity contribution in [2.75, 3.05) is 5.32 Å². The van der Waals surface area contributed by atoms with Gasteiger partial charge >= 0.3 is 29.6 Å². The van der Waals surface area contributed by atoms with E-state index in [0.29, 0.717) is 28.0 Å². The number of benzene rings is 1. The third-order valence-corrected chi connectivity index (χ3v) is 4.35. The molecule has 0 spiro atoms. The van der Waals surface area contributed by atoms with Crippen molar-refractivity contribution in [1.82, 2.24) is 0 Å². The van der Waals surface area contributed by atoms with Crippen molar-refractivity contribution in [3.05, 3.63) is 27.7 Å². The summed E-state index contributed by atoms with van der Waals surface area (Å²) in [6.45, 7) is 0. The number of carboxylic acid groups (broad SMARTS) is 1. The van der Waals surface area contributed by atoms with Crippen LogP contribution in [-0.2, 0) is 9.59 Å². The Morgan fingerprint density at radius 2 is 1.95 bits per heavy atom. The van der Waals surface area contributed by atoms with Crippen molar-refractivity contribution >= 4 is 45.1 Å². The predicted molar refractivity (Wildman–Crippen MR) is 69.0 cm³/mol. The number of aliphatic carboxylic acids is 1. The Balaban J connectivity index is 0.00000180. The van der Waals surface area contributed by atoms with Crippen LogP contribution in [0, 0.1) is 11.8 Å². The first kappa shape index (κ1) is 17.0. The maximum atomic E-state index is 11.8. The summed E-state index contributed by atoms with van der Waals surface area (Å²) in [5, 5.41) is 13.7. The van der Waals surface area contributed by atoms with Crippen LogP contribution in [0.1, 0.15) is 12.8 Å². The van der Waals surface area contributed by atoms with Gasteiger partial charge in [-0.05, 0) is 40.9 Å². The van der Waals surface area contributed by atoms with Gasteiger partial charge in [-0.3, -0.25) is 4.79 Å². The van der Waals surface area contributed by atoms with Gasteiger partial charge in [0.2, 0.25) is 5.91 Å². The van der Waals surface area contributed by atoms with Gasteiger partial charge in [-0.1, -0.05) is 17.7 Å². The minimum absolute atomic E-state index is 0. The average molecular weight is 355 g/mol. The minimum atomic E-state index is -1.08. The number of rotatable bonds is 3. The van der Waals surface area contributed by atoms with Crippen molar-refractivity contribution in [3.63, 3.8) is 0 Å². The van der Waals surface area contributed by atoms with Crippen molar-refractivity contribution in [3.8, 4) is 0 Å².